The third kappa shape index (κ3) is 4.90. The van der Waals surface area contributed by atoms with E-state index in [1.165, 1.54) is 12.0 Å². The first-order valence-electron chi connectivity index (χ1n) is 10.3. The molecule has 2 aliphatic rings. The van der Waals surface area contributed by atoms with Gasteiger partial charge in [-0.3, -0.25) is 9.78 Å². The van der Waals surface area contributed by atoms with Gasteiger partial charge in [0.15, 0.2) is 0 Å². The molecule has 1 amide bonds. The number of amides is 1. The Bertz CT molecular complexity index is 791. The van der Waals surface area contributed by atoms with Crippen LogP contribution in [0.15, 0.2) is 48.8 Å². The molecule has 1 aromatic heterocycles. The van der Waals surface area contributed by atoms with Crippen molar-refractivity contribution in [2.45, 2.75) is 38.3 Å². The molecule has 2 fully saturated rings. The average molecular weight is 380 g/mol. The molecule has 1 aliphatic carbocycles. The van der Waals surface area contributed by atoms with E-state index in [0.717, 1.165) is 51.2 Å². The number of likely N-dealkylation sites (tertiary alicyclic amines) is 1. The highest BCUT2D eigenvalue weighted by Crippen LogP contribution is 2.30. The van der Waals surface area contributed by atoms with Gasteiger partial charge in [-0.15, -0.1) is 0 Å². The predicted molar refractivity (Wildman–Crippen MR) is 109 cm³/mol. The van der Waals surface area contributed by atoms with E-state index in [4.69, 9.17) is 4.74 Å². The maximum absolute atomic E-state index is 13.2. The van der Waals surface area contributed by atoms with Crippen molar-refractivity contribution in [3.05, 3.63) is 59.9 Å². The summed E-state index contributed by atoms with van der Waals surface area (Å²) in [5.41, 5.74) is 1.93. The van der Waals surface area contributed by atoms with Gasteiger partial charge in [0.25, 0.3) is 5.91 Å². The summed E-state index contributed by atoms with van der Waals surface area (Å²) < 4.78 is 5.96. The Morgan fingerprint density at radius 1 is 1.21 bits per heavy atom. The van der Waals surface area contributed by atoms with Crippen molar-refractivity contribution in [2.24, 2.45) is 5.92 Å². The highest BCUT2D eigenvalue weighted by molar-refractivity contribution is 5.97. The molecule has 1 aromatic carbocycles. The fraction of sp³-hybridized carbons (Fsp3) is 0.478. The van der Waals surface area contributed by atoms with Crippen molar-refractivity contribution in [3.8, 4) is 5.75 Å². The molecule has 148 valence electrons. The minimum Gasteiger partial charge on any atom is -0.490 e. The van der Waals surface area contributed by atoms with Crippen molar-refractivity contribution >= 4 is 5.91 Å². The van der Waals surface area contributed by atoms with Crippen LogP contribution in [0.3, 0.4) is 0 Å². The first-order valence-corrected chi connectivity index (χ1v) is 10.3. The molecule has 2 aromatic rings. The van der Waals surface area contributed by atoms with Gasteiger partial charge in [0, 0.05) is 38.6 Å². The smallest absolute Gasteiger partial charge is 0.257 e. The summed E-state index contributed by atoms with van der Waals surface area (Å²) in [5, 5.41) is 0. The van der Waals surface area contributed by atoms with Crippen molar-refractivity contribution in [1.29, 1.82) is 0 Å². The average Bonchev–Trinajstić information content (AvgIpc) is 3.53. The van der Waals surface area contributed by atoms with Crippen LogP contribution in [0.25, 0.3) is 0 Å². The minimum atomic E-state index is 0.107. The van der Waals surface area contributed by atoms with Crippen LogP contribution < -0.4 is 4.74 Å². The SMILES string of the molecule is CN(Cc1cccnc1)CC1CCCN(C(=O)c2ccccc2OC2CC2)C1. The Kier molecular flexibility index (Phi) is 5.91. The number of benzene rings is 1. The van der Waals surface area contributed by atoms with Crippen LogP contribution in [0, 0.1) is 5.92 Å². The molecule has 1 saturated carbocycles. The van der Waals surface area contributed by atoms with Gasteiger partial charge in [-0.2, -0.15) is 0 Å². The minimum absolute atomic E-state index is 0.107. The second-order valence-corrected chi connectivity index (χ2v) is 8.13. The topological polar surface area (TPSA) is 45.7 Å². The largest absolute Gasteiger partial charge is 0.490 e. The second kappa shape index (κ2) is 8.74. The van der Waals surface area contributed by atoms with Gasteiger partial charge in [-0.1, -0.05) is 18.2 Å². The van der Waals surface area contributed by atoms with Gasteiger partial charge < -0.3 is 14.5 Å². The Labute approximate surface area is 167 Å². The Hall–Kier alpha value is -2.40. The number of rotatable bonds is 7. The first-order chi connectivity index (χ1) is 13.7. The number of carbonyl (C=O) groups is 1. The van der Waals surface area contributed by atoms with E-state index < -0.39 is 0 Å². The number of pyridine rings is 1. The molecule has 28 heavy (non-hydrogen) atoms. The van der Waals surface area contributed by atoms with Crippen LogP contribution >= 0.6 is 0 Å². The summed E-state index contributed by atoms with van der Waals surface area (Å²) in [6, 6.07) is 11.8. The Morgan fingerprint density at radius 2 is 2.07 bits per heavy atom. The number of nitrogens with zero attached hydrogens (tertiary/aromatic N) is 3. The van der Waals surface area contributed by atoms with E-state index in [0.29, 0.717) is 17.6 Å². The zero-order valence-electron chi connectivity index (χ0n) is 16.6. The molecule has 5 heteroatoms. The lowest BCUT2D eigenvalue weighted by Crippen LogP contribution is -2.43. The molecule has 0 bridgehead atoms. The highest BCUT2D eigenvalue weighted by Gasteiger charge is 2.29. The molecule has 0 spiro atoms. The lowest BCUT2D eigenvalue weighted by molar-refractivity contribution is 0.0642. The van der Waals surface area contributed by atoms with E-state index in [2.05, 4.69) is 23.0 Å². The zero-order valence-corrected chi connectivity index (χ0v) is 16.6. The predicted octanol–water partition coefficient (Wildman–Crippen LogP) is 3.61. The van der Waals surface area contributed by atoms with Crippen LogP contribution in [0.1, 0.15) is 41.6 Å². The monoisotopic (exact) mass is 379 g/mol. The first kappa shape index (κ1) is 18.9. The summed E-state index contributed by atoms with van der Waals surface area (Å²) in [6.07, 6.45) is 8.44. The molecule has 1 atom stereocenters. The van der Waals surface area contributed by atoms with Gasteiger partial charge in [0.05, 0.1) is 11.7 Å². The molecular formula is C23H29N3O2. The standard InChI is InChI=1S/C23H29N3O2/c1-25(15-18-6-4-12-24-14-18)16-19-7-5-13-26(17-19)23(27)21-8-2-3-9-22(21)28-20-10-11-20/h2-4,6,8-9,12,14,19-20H,5,7,10-11,13,15-17H2,1H3. The normalized spacial score (nSPS) is 19.6. The van der Waals surface area contributed by atoms with Gasteiger partial charge >= 0.3 is 0 Å². The summed E-state index contributed by atoms with van der Waals surface area (Å²) in [6.45, 7) is 3.52. The molecule has 0 N–H and O–H groups in total. The zero-order chi connectivity index (χ0) is 19.3. The molecule has 1 aliphatic heterocycles. The number of aromatic nitrogens is 1. The van der Waals surface area contributed by atoms with Gasteiger partial charge in [-0.25, -0.2) is 0 Å². The lowest BCUT2D eigenvalue weighted by atomic mass is 9.96. The van der Waals surface area contributed by atoms with Crippen molar-refractivity contribution in [3.63, 3.8) is 0 Å². The molecule has 2 heterocycles. The van der Waals surface area contributed by atoms with Gasteiger partial charge in [-0.05, 0) is 62.4 Å². The quantitative estimate of drug-likeness (QED) is 0.737. The van der Waals surface area contributed by atoms with Crippen molar-refractivity contribution in [2.75, 3.05) is 26.7 Å². The third-order valence-corrected chi connectivity index (χ3v) is 5.49. The molecule has 1 saturated heterocycles. The maximum Gasteiger partial charge on any atom is 0.257 e. The van der Waals surface area contributed by atoms with Gasteiger partial charge in [0.1, 0.15) is 5.75 Å². The molecular weight excluding hydrogens is 350 g/mol. The Morgan fingerprint density at radius 3 is 2.86 bits per heavy atom. The van der Waals surface area contributed by atoms with Crippen LogP contribution in [0.5, 0.6) is 5.75 Å². The molecule has 1 unspecified atom stereocenters. The van der Waals surface area contributed by atoms with Crippen LogP contribution in [0.2, 0.25) is 0 Å². The van der Waals surface area contributed by atoms with Crippen molar-refractivity contribution in [1.82, 2.24) is 14.8 Å². The van der Waals surface area contributed by atoms with E-state index in [1.54, 1.807) is 6.20 Å². The highest BCUT2D eigenvalue weighted by atomic mass is 16.5. The fourth-order valence-electron chi connectivity index (χ4n) is 3.99. The summed E-state index contributed by atoms with van der Waals surface area (Å²) in [4.78, 5) is 21.7. The second-order valence-electron chi connectivity index (χ2n) is 8.13. The third-order valence-electron chi connectivity index (χ3n) is 5.49. The lowest BCUT2D eigenvalue weighted by Gasteiger charge is -2.35. The van der Waals surface area contributed by atoms with E-state index in [1.807, 2.05) is 41.4 Å². The molecule has 5 nitrogen and oxygen atoms in total. The maximum atomic E-state index is 13.2. The van der Waals surface area contributed by atoms with E-state index >= 15 is 0 Å². The summed E-state index contributed by atoms with van der Waals surface area (Å²) in [5.74, 6) is 1.34. The van der Waals surface area contributed by atoms with E-state index in [-0.39, 0.29) is 5.91 Å². The van der Waals surface area contributed by atoms with Crippen LogP contribution in [-0.4, -0.2) is 53.5 Å². The van der Waals surface area contributed by atoms with Crippen LogP contribution in [0.4, 0.5) is 0 Å². The summed E-state index contributed by atoms with van der Waals surface area (Å²) in [7, 11) is 2.15. The Balaban J connectivity index is 1.36. The van der Waals surface area contributed by atoms with E-state index in [9.17, 15) is 4.79 Å². The summed E-state index contributed by atoms with van der Waals surface area (Å²) >= 11 is 0. The fourth-order valence-corrected chi connectivity index (χ4v) is 3.99. The molecule has 0 radical (unpaired) electrons. The van der Waals surface area contributed by atoms with Crippen molar-refractivity contribution < 1.29 is 9.53 Å². The number of piperidine rings is 1. The number of hydrogen-bond donors (Lipinski definition) is 0. The van der Waals surface area contributed by atoms with Gasteiger partial charge in [0.2, 0.25) is 0 Å². The number of ether oxygens (including phenoxy) is 1. The number of carbonyl (C=O) groups excluding carboxylic acids is 1. The van der Waals surface area contributed by atoms with Crippen LogP contribution in [-0.2, 0) is 6.54 Å². The molecule has 4 rings (SSSR count). The number of hydrogen-bond acceptors (Lipinski definition) is 4. The number of para-hydroxylation sites is 1.